The van der Waals surface area contributed by atoms with Crippen molar-refractivity contribution in [1.29, 1.82) is 0 Å². The molecule has 0 unspecified atom stereocenters. The quantitative estimate of drug-likeness (QED) is 0.717. The highest BCUT2D eigenvalue weighted by atomic mass is 16.5. The average molecular weight is 429 g/mol. The number of hydrogen-bond acceptors (Lipinski definition) is 4. The minimum absolute atomic E-state index is 0.0616. The highest BCUT2D eigenvalue weighted by molar-refractivity contribution is 6.21. The van der Waals surface area contributed by atoms with Crippen molar-refractivity contribution in [3.8, 4) is 5.75 Å². The van der Waals surface area contributed by atoms with Crippen molar-refractivity contribution in [3.63, 3.8) is 0 Å². The van der Waals surface area contributed by atoms with E-state index in [1.165, 1.54) is 4.90 Å². The molecule has 3 aliphatic heterocycles. The van der Waals surface area contributed by atoms with E-state index >= 15 is 0 Å². The van der Waals surface area contributed by atoms with Gasteiger partial charge in [-0.25, -0.2) is 4.90 Å². The smallest absolute Gasteiger partial charge is 0.292 e. The van der Waals surface area contributed by atoms with Crippen molar-refractivity contribution in [3.05, 3.63) is 24.3 Å². The van der Waals surface area contributed by atoms with Gasteiger partial charge in [-0.15, -0.1) is 0 Å². The average Bonchev–Trinajstić information content (AvgIpc) is 3.09. The predicted octanol–water partition coefficient (Wildman–Crippen LogP) is 1.27. The molecule has 3 fully saturated rings. The molecule has 1 aromatic carbocycles. The molecule has 1 aromatic rings. The summed E-state index contributed by atoms with van der Waals surface area (Å²) in [5.41, 5.74) is 0.602. The minimum atomic E-state index is -0.342. The van der Waals surface area contributed by atoms with E-state index in [2.05, 4.69) is 6.92 Å². The van der Waals surface area contributed by atoms with Gasteiger partial charge in [0.1, 0.15) is 5.75 Å². The van der Waals surface area contributed by atoms with Crippen LogP contribution >= 0.6 is 0 Å². The summed E-state index contributed by atoms with van der Waals surface area (Å²) in [7, 11) is 0. The van der Waals surface area contributed by atoms with Crippen molar-refractivity contribution in [2.75, 3.05) is 37.7 Å². The van der Waals surface area contributed by atoms with E-state index in [4.69, 9.17) is 4.74 Å². The molecular formula is C24H34N3O4+. The van der Waals surface area contributed by atoms with Crippen LogP contribution in [0.3, 0.4) is 0 Å². The monoisotopic (exact) mass is 428 g/mol. The van der Waals surface area contributed by atoms with Crippen LogP contribution in [0, 0.1) is 11.8 Å². The summed E-state index contributed by atoms with van der Waals surface area (Å²) in [6, 6.07) is 6.77. The Hall–Kier alpha value is -2.41. The first-order valence-corrected chi connectivity index (χ1v) is 11.7. The van der Waals surface area contributed by atoms with Crippen molar-refractivity contribution < 1.29 is 24.0 Å². The number of nitrogens with one attached hydrogen (secondary N) is 1. The Morgan fingerprint density at radius 2 is 1.71 bits per heavy atom. The van der Waals surface area contributed by atoms with Crippen molar-refractivity contribution in [1.82, 2.24) is 4.90 Å². The van der Waals surface area contributed by atoms with Crippen LogP contribution in [0.15, 0.2) is 24.3 Å². The molecule has 0 saturated carbocycles. The van der Waals surface area contributed by atoms with Crippen LogP contribution in [0.25, 0.3) is 0 Å². The van der Waals surface area contributed by atoms with E-state index in [0.29, 0.717) is 18.2 Å². The van der Waals surface area contributed by atoms with Gasteiger partial charge < -0.3 is 14.5 Å². The second-order valence-electron chi connectivity index (χ2n) is 9.19. The second-order valence-corrected chi connectivity index (χ2v) is 9.19. The highest BCUT2D eigenvalue weighted by Crippen LogP contribution is 2.26. The summed E-state index contributed by atoms with van der Waals surface area (Å²) in [6.07, 6.45) is 4.01. The van der Waals surface area contributed by atoms with E-state index in [-0.39, 0.29) is 36.1 Å². The van der Waals surface area contributed by atoms with Gasteiger partial charge in [0.2, 0.25) is 11.8 Å². The normalized spacial score (nSPS) is 27.6. The number of carbonyl (C=O) groups excluding carboxylic acids is 3. The Morgan fingerprint density at radius 1 is 1.06 bits per heavy atom. The maximum absolute atomic E-state index is 13.1. The molecule has 0 bridgehead atoms. The van der Waals surface area contributed by atoms with Crippen molar-refractivity contribution in [2.45, 2.75) is 52.0 Å². The van der Waals surface area contributed by atoms with Crippen LogP contribution in [0.4, 0.5) is 5.69 Å². The number of quaternary nitrogens is 1. The Balaban J connectivity index is 1.34. The number of hydrogen-bond donors (Lipinski definition) is 1. The van der Waals surface area contributed by atoms with Crippen LogP contribution in [0.2, 0.25) is 0 Å². The molecule has 3 heterocycles. The molecule has 31 heavy (non-hydrogen) atoms. The number of nitrogens with zero attached hydrogens (tertiary/aromatic N) is 2. The lowest BCUT2D eigenvalue weighted by molar-refractivity contribution is -0.920. The number of rotatable bonds is 5. The lowest BCUT2D eigenvalue weighted by Gasteiger charge is -2.36. The number of ether oxygens (including phenoxy) is 1. The standard InChI is InChI=1S/C24H33N3O4/c1-3-31-20-6-4-19(5-7-20)27-22(28)16-21(24(27)30)25-14-10-18(11-15-25)23(29)26-12-8-17(2)9-13-26/h4-7,17-18,21H,3,8-16H2,1-2H3/p+1/t21-/m1/s1. The Bertz CT molecular complexity index is 809. The topological polar surface area (TPSA) is 71.4 Å². The summed E-state index contributed by atoms with van der Waals surface area (Å²) in [5, 5.41) is 0. The van der Waals surface area contributed by atoms with Gasteiger partial charge in [-0.1, -0.05) is 6.92 Å². The lowest BCUT2D eigenvalue weighted by Crippen LogP contribution is -3.17. The van der Waals surface area contributed by atoms with E-state index in [9.17, 15) is 14.4 Å². The van der Waals surface area contributed by atoms with Gasteiger partial charge in [-0.2, -0.15) is 0 Å². The molecule has 1 N–H and O–H groups in total. The van der Waals surface area contributed by atoms with E-state index in [0.717, 1.165) is 62.5 Å². The van der Waals surface area contributed by atoms with Gasteiger partial charge in [0.05, 0.1) is 31.8 Å². The first kappa shape index (κ1) is 21.8. The molecule has 3 saturated heterocycles. The zero-order chi connectivity index (χ0) is 22.0. The maximum atomic E-state index is 13.1. The fourth-order valence-corrected chi connectivity index (χ4v) is 5.15. The van der Waals surface area contributed by atoms with Gasteiger partial charge in [0.15, 0.2) is 6.04 Å². The van der Waals surface area contributed by atoms with Crippen LogP contribution in [-0.2, 0) is 14.4 Å². The third-order valence-corrected chi connectivity index (χ3v) is 7.12. The zero-order valence-electron chi connectivity index (χ0n) is 18.6. The third-order valence-electron chi connectivity index (χ3n) is 7.12. The number of imide groups is 1. The first-order valence-electron chi connectivity index (χ1n) is 11.7. The van der Waals surface area contributed by atoms with Gasteiger partial charge >= 0.3 is 0 Å². The summed E-state index contributed by atoms with van der Waals surface area (Å²) < 4.78 is 5.45. The molecule has 1 atom stereocenters. The predicted molar refractivity (Wildman–Crippen MR) is 117 cm³/mol. The van der Waals surface area contributed by atoms with Gasteiger partial charge in [0.25, 0.3) is 5.91 Å². The lowest BCUT2D eigenvalue weighted by atomic mass is 9.92. The van der Waals surface area contributed by atoms with E-state index < -0.39 is 0 Å². The van der Waals surface area contributed by atoms with Crippen molar-refractivity contribution in [2.24, 2.45) is 11.8 Å². The number of piperidine rings is 2. The van der Waals surface area contributed by atoms with Crippen molar-refractivity contribution >= 4 is 23.4 Å². The van der Waals surface area contributed by atoms with Crippen LogP contribution in [0.1, 0.15) is 46.0 Å². The molecule has 4 rings (SSSR count). The molecule has 3 aliphatic rings. The fourth-order valence-electron chi connectivity index (χ4n) is 5.15. The molecule has 168 valence electrons. The number of likely N-dealkylation sites (tertiary alicyclic amines) is 2. The van der Waals surface area contributed by atoms with Crippen LogP contribution < -0.4 is 14.5 Å². The van der Waals surface area contributed by atoms with Gasteiger partial charge in [-0.3, -0.25) is 14.4 Å². The summed E-state index contributed by atoms with van der Waals surface area (Å²) in [6.45, 7) is 8.02. The molecule has 7 nitrogen and oxygen atoms in total. The summed E-state index contributed by atoms with van der Waals surface area (Å²) in [4.78, 5) is 43.1. The Kier molecular flexibility index (Phi) is 6.60. The molecule has 0 radical (unpaired) electrons. The first-order chi connectivity index (χ1) is 15.0. The summed E-state index contributed by atoms with van der Waals surface area (Å²) in [5.74, 6) is 1.51. The zero-order valence-corrected chi connectivity index (χ0v) is 18.6. The molecule has 7 heteroatoms. The molecular weight excluding hydrogens is 394 g/mol. The maximum Gasteiger partial charge on any atom is 0.292 e. The number of benzene rings is 1. The number of amides is 3. The SMILES string of the molecule is CCOc1ccc(N2C(=O)C[C@@H]([NH+]3CCC(C(=O)N4CCC(C)CC4)CC3)C2=O)cc1. The fraction of sp³-hybridized carbons (Fsp3) is 0.625. The largest absolute Gasteiger partial charge is 0.494 e. The third kappa shape index (κ3) is 4.61. The molecule has 0 aromatic heterocycles. The Morgan fingerprint density at radius 3 is 2.32 bits per heavy atom. The number of anilines is 1. The molecule has 0 spiro atoms. The second kappa shape index (κ2) is 9.39. The van der Waals surface area contributed by atoms with Crippen LogP contribution in [-0.4, -0.2) is 61.4 Å². The molecule has 0 aliphatic carbocycles. The molecule has 3 amide bonds. The van der Waals surface area contributed by atoms with E-state index in [1.54, 1.807) is 24.3 Å². The number of carbonyl (C=O) groups is 3. The van der Waals surface area contributed by atoms with Crippen LogP contribution in [0.5, 0.6) is 5.75 Å². The van der Waals surface area contributed by atoms with Gasteiger partial charge in [0, 0.05) is 31.8 Å². The Labute approximate surface area is 184 Å². The van der Waals surface area contributed by atoms with E-state index in [1.807, 2.05) is 11.8 Å². The minimum Gasteiger partial charge on any atom is -0.494 e. The highest BCUT2D eigenvalue weighted by Gasteiger charge is 2.47. The summed E-state index contributed by atoms with van der Waals surface area (Å²) >= 11 is 0. The van der Waals surface area contributed by atoms with Gasteiger partial charge in [-0.05, 0) is 49.9 Å².